The molecule has 0 aliphatic heterocycles. The first-order chi connectivity index (χ1) is 13.5. The number of imidazole rings is 1. The molecule has 0 saturated carbocycles. The fourth-order valence-electron chi connectivity index (χ4n) is 2.72. The molecule has 1 amide bonds. The Morgan fingerprint density at radius 3 is 2.39 bits per heavy atom. The van der Waals surface area contributed by atoms with Crippen LogP contribution in [0, 0.1) is 0 Å². The molecule has 8 heteroatoms. The van der Waals surface area contributed by atoms with Gasteiger partial charge in [-0.1, -0.05) is 18.2 Å². The van der Waals surface area contributed by atoms with E-state index in [1.54, 1.807) is 67.0 Å². The number of hydrogen-bond donors (Lipinski definition) is 3. The molecule has 0 radical (unpaired) electrons. The number of carbonyl (C=O) groups excluding carboxylic acids is 1. The van der Waals surface area contributed by atoms with E-state index in [0.29, 0.717) is 16.9 Å². The first kappa shape index (κ1) is 17.7. The van der Waals surface area contributed by atoms with Gasteiger partial charge in [0.25, 0.3) is 15.9 Å². The zero-order chi connectivity index (χ0) is 19.6. The number of nitrogens with zero attached hydrogens (tertiary/aromatic N) is 1. The SMILES string of the molecule is O=C(Nc1ccc(S(=O)(=O)Nc2ccccc2)cc1)c1ccc2nc[nH]c2c1. The molecular formula is C20H16N4O3S. The number of carbonyl (C=O) groups is 1. The lowest BCUT2D eigenvalue weighted by Crippen LogP contribution is -2.14. The summed E-state index contributed by atoms with van der Waals surface area (Å²) in [6, 6.07) is 19.8. The number of hydrogen-bond acceptors (Lipinski definition) is 4. The smallest absolute Gasteiger partial charge is 0.261 e. The quantitative estimate of drug-likeness (QED) is 0.482. The van der Waals surface area contributed by atoms with Gasteiger partial charge in [0.1, 0.15) is 0 Å². The number of amides is 1. The number of para-hydroxylation sites is 1. The standard InChI is InChI=1S/C20H16N4O3S/c25-20(14-6-11-18-19(12-14)22-13-21-18)23-15-7-9-17(10-8-15)28(26,27)24-16-4-2-1-3-5-16/h1-13,24H,(H,21,22)(H,23,25). The highest BCUT2D eigenvalue weighted by molar-refractivity contribution is 7.92. The van der Waals surface area contributed by atoms with Crippen molar-refractivity contribution in [2.24, 2.45) is 0 Å². The van der Waals surface area contributed by atoms with Crippen molar-refractivity contribution in [2.45, 2.75) is 4.90 Å². The van der Waals surface area contributed by atoms with E-state index >= 15 is 0 Å². The Morgan fingerprint density at radius 2 is 1.64 bits per heavy atom. The van der Waals surface area contributed by atoms with Crippen molar-refractivity contribution < 1.29 is 13.2 Å². The van der Waals surface area contributed by atoms with Gasteiger partial charge in [-0.3, -0.25) is 9.52 Å². The molecule has 3 N–H and O–H groups in total. The van der Waals surface area contributed by atoms with Crippen LogP contribution in [-0.4, -0.2) is 24.3 Å². The maximum atomic E-state index is 12.4. The van der Waals surface area contributed by atoms with E-state index in [4.69, 9.17) is 0 Å². The molecule has 4 rings (SSSR count). The average Bonchev–Trinajstić information content (AvgIpc) is 3.16. The molecule has 0 aliphatic carbocycles. The Bertz CT molecular complexity index is 1230. The molecule has 7 nitrogen and oxygen atoms in total. The van der Waals surface area contributed by atoms with E-state index < -0.39 is 10.0 Å². The minimum atomic E-state index is -3.70. The molecule has 1 aromatic heterocycles. The predicted molar refractivity (Wildman–Crippen MR) is 108 cm³/mol. The van der Waals surface area contributed by atoms with Crippen LogP contribution >= 0.6 is 0 Å². The summed E-state index contributed by atoms with van der Waals surface area (Å²) < 4.78 is 27.4. The van der Waals surface area contributed by atoms with Gasteiger partial charge in [0.2, 0.25) is 0 Å². The summed E-state index contributed by atoms with van der Waals surface area (Å²) in [5.74, 6) is -0.297. The molecule has 140 valence electrons. The molecule has 28 heavy (non-hydrogen) atoms. The van der Waals surface area contributed by atoms with Crippen LogP contribution in [0.5, 0.6) is 0 Å². The zero-order valence-electron chi connectivity index (χ0n) is 14.6. The Labute approximate surface area is 161 Å². The fraction of sp³-hybridized carbons (Fsp3) is 0. The number of anilines is 2. The van der Waals surface area contributed by atoms with E-state index in [2.05, 4.69) is 20.0 Å². The Kier molecular flexibility index (Phi) is 4.54. The molecule has 3 aromatic carbocycles. The van der Waals surface area contributed by atoms with Crippen LogP contribution in [0.25, 0.3) is 11.0 Å². The second-order valence-corrected chi connectivity index (χ2v) is 7.77. The normalized spacial score (nSPS) is 11.3. The number of nitrogens with one attached hydrogen (secondary N) is 3. The summed E-state index contributed by atoms with van der Waals surface area (Å²) in [5.41, 5.74) is 2.99. The maximum Gasteiger partial charge on any atom is 0.261 e. The molecule has 1 heterocycles. The first-order valence-electron chi connectivity index (χ1n) is 8.44. The number of benzene rings is 3. The third-order valence-corrected chi connectivity index (χ3v) is 5.53. The molecular weight excluding hydrogens is 376 g/mol. The summed E-state index contributed by atoms with van der Waals surface area (Å²) >= 11 is 0. The Morgan fingerprint density at radius 1 is 0.893 bits per heavy atom. The molecule has 0 unspecified atom stereocenters. The van der Waals surface area contributed by atoms with E-state index in [0.717, 1.165) is 11.0 Å². The van der Waals surface area contributed by atoms with E-state index in [1.807, 2.05) is 0 Å². The predicted octanol–water partition coefficient (Wildman–Crippen LogP) is 3.62. The second kappa shape index (κ2) is 7.16. The molecule has 0 atom stereocenters. The highest BCUT2D eigenvalue weighted by Crippen LogP contribution is 2.19. The first-order valence-corrected chi connectivity index (χ1v) is 9.92. The second-order valence-electron chi connectivity index (χ2n) is 6.08. The lowest BCUT2D eigenvalue weighted by atomic mass is 10.2. The number of aromatic amines is 1. The Hall–Kier alpha value is -3.65. The molecule has 0 spiro atoms. The molecule has 0 saturated heterocycles. The van der Waals surface area contributed by atoms with Crippen LogP contribution in [-0.2, 0) is 10.0 Å². The van der Waals surface area contributed by atoms with Crippen LogP contribution in [0.4, 0.5) is 11.4 Å². The van der Waals surface area contributed by atoms with Crippen LogP contribution in [0.1, 0.15) is 10.4 Å². The van der Waals surface area contributed by atoms with Crippen molar-refractivity contribution in [3.05, 3.63) is 84.7 Å². The molecule has 0 bridgehead atoms. The molecule has 0 aliphatic rings. The summed E-state index contributed by atoms with van der Waals surface area (Å²) in [5, 5.41) is 2.75. The number of sulfonamides is 1. The number of aromatic nitrogens is 2. The molecule has 0 fully saturated rings. The van der Waals surface area contributed by atoms with Crippen LogP contribution in [0.3, 0.4) is 0 Å². The van der Waals surface area contributed by atoms with Gasteiger partial charge in [0.05, 0.1) is 22.3 Å². The largest absolute Gasteiger partial charge is 0.345 e. The van der Waals surface area contributed by atoms with Gasteiger partial charge in [0.15, 0.2) is 0 Å². The summed E-state index contributed by atoms with van der Waals surface area (Å²) in [6.07, 6.45) is 1.56. The van der Waals surface area contributed by atoms with E-state index in [9.17, 15) is 13.2 Å². The maximum absolute atomic E-state index is 12.4. The highest BCUT2D eigenvalue weighted by atomic mass is 32.2. The van der Waals surface area contributed by atoms with Crippen molar-refractivity contribution in [3.63, 3.8) is 0 Å². The van der Waals surface area contributed by atoms with Crippen LogP contribution in [0.2, 0.25) is 0 Å². The van der Waals surface area contributed by atoms with Gasteiger partial charge < -0.3 is 10.3 Å². The van der Waals surface area contributed by atoms with Gasteiger partial charge in [-0.2, -0.15) is 0 Å². The van der Waals surface area contributed by atoms with Gasteiger partial charge in [-0.05, 0) is 54.6 Å². The third-order valence-electron chi connectivity index (χ3n) is 4.13. The van der Waals surface area contributed by atoms with Crippen molar-refractivity contribution in [1.29, 1.82) is 0 Å². The van der Waals surface area contributed by atoms with Crippen LogP contribution in [0.15, 0.2) is 84.0 Å². The van der Waals surface area contributed by atoms with Gasteiger partial charge in [-0.15, -0.1) is 0 Å². The van der Waals surface area contributed by atoms with Crippen molar-refractivity contribution in [2.75, 3.05) is 10.0 Å². The summed E-state index contributed by atoms with van der Waals surface area (Å²) in [4.78, 5) is 19.6. The van der Waals surface area contributed by atoms with Crippen molar-refractivity contribution >= 4 is 38.3 Å². The monoisotopic (exact) mass is 392 g/mol. The highest BCUT2D eigenvalue weighted by Gasteiger charge is 2.14. The number of H-pyrrole nitrogens is 1. The molecule has 4 aromatic rings. The lowest BCUT2D eigenvalue weighted by Gasteiger charge is -2.09. The van der Waals surface area contributed by atoms with Gasteiger partial charge in [-0.25, -0.2) is 13.4 Å². The minimum absolute atomic E-state index is 0.105. The summed E-state index contributed by atoms with van der Waals surface area (Å²) in [6.45, 7) is 0. The van der Waals surface area contributed by atoms with E-state index in [-0.39, 0.29) is 10.8 Å². The van der Waals surface area contributed by atoms with Gasteiger partial charge in [0, 0.05) is 16.9 Å². The fourth-order valence-corrected chi connectivity index (χ4v) is 3.78. The van der Waals surface area contributed by atoms with Crippen LogP contribution < -0.4 is 10.0 Å². The summed E-state index contributed by atoms with van der Waals surface area (Å²) in [7, 11) is -3.70. The van der Waals surface area contributed by atoms with E-state index in [1.165, 1.54) is 12.1 Å². The number of fused-ring (bicyclic) bond motifs is 1. The van der Waals surface area contributed by atoms with Gasteiger partial charge >= 0.3 is 0 Å². The van der Waals surface area contributed by atoms with Crippen molar-refractivity contribution in [3.8, 4) is 0 Å². The lowest BCUT2D eigenvalue weighted by molar-refractivity contribution is 0.102. The Balaban J connectivity index is 1.49. The third kappa shape index (κ3) is 3.72. The van der Waals surface area contributed by atoms with Crippen molar-refractivity contribution in [1.82, 2.24) is 9.97 Å². The average molecular weight is 392 g/mol. The minimum Gasteiger partial charge on any atom is -0.345 e. The number of rotatable bonds is 5. The zero-order valence-corrected chi connectivity index (χ0v) is 15.4. The topological polar surface area (TPSA) is 104 Å².